The van der Waals surface area contributed by atoms with Crippen molar-refractivity contribution in [3.05, 3.63) is 59.4 Å². The summed E-state index contributed by atoms with van der Waals surface area (Å²) in [4.78, 5) is 14.7. The molecule has 1 unspecified atom stereocenters. The van der Waals surface area contributed by atoms with E-state index in [9.17, 15) is 9.90 Å². The second-order valence-electron chi connectivity index (χ2n) is 4.46. The molecule has 1 atom stereocenters. The van der Waals surface area contributed by atoms with E-state index in [1.807, 2.05) is 36.4 Å². The Hall–Kier alpha value is -2.58. The standard InChI is InChI=1S/C15H15N3O2/c16-8-12-7-14(17-9-12)15(20)18-13(10-19)6-11-4-2-1-3-5-11/h1-5,7,9,13,17,19H,6,10H2,(H,18,20). The van der Waals surface area contributed by atoms with Crippen LogP contribution in [0.15, 0.2) is 42.6 Å². The Morgan fingerprint density at radius 3 is 2.75 bits per heavy atom. The largest absolute Gasteiger partial charge is 0.394 e. The van der Waals surface area contributed by atoms with Crippen molar-refractivity contribution in [2.75, 3.05) is 6.61 Å². The van der Waals surface area contributed by atoms with Crippen molar-refractivity contribution in [3.63, 3.8) is 0 Å². The van der Waals surface area contributed by atoms with Crippen molar-refractivity contribution in [2.24, 2.45) is 0 Å². The van der Waals surface area contributed by atoms with Gasteiger partial charge in [0.1, 0.15) is 11.8 Å². The first-order chi connectivity index (χ1) is 9.72. The van der Waals surface area contributed by atoms with Gasteiger partial charge in [0, 0.05) is 6.20 Å². The van der Waals surface area contributed by atoms with Gasteiger partial charge in [-0.05, 0) is 18.1 Å². The number of benzene rings is 1. The zero-order valence-electron chi connectivity index (χ0n) is 10.8. The first-order valence-corrected chi connectivity index (χ1v) is 6.27. The summed E-state index contributed by atoms with van der Waals surface area (Å²) in [6.45, 7) is -0.146. The number of aliphatic hydroxyl groups is 1. The first-order valence-electron chi connectivity index (χ1n) is 6.27. The molecule has 1 aromatic heterocycles. The number of nitrogens with zero attached hydrogens (tertiary/aromatic N) is 1. The molecule has 2 rings (SSSR count). The highest BCUT2D eigenvalue weighted by molar-refractivity contribution is 5.93. The Balaban J connectivity index is 1.99. The minimum absolute atomic E-state index is 0.146. The number of hydrogen-bond acceptors (Lipinski definition) is 3. The molecule has 1 aromatic carbocycles. The fourth-order valence-electron chi connectivity index (χ4n) is 1.91. The van der Waals surface area contributed by atoms with Gasteiger partial charge in [-0.1, -0.05) is 30.3 Å². The van der Waals surface area contributed by atoms with Gasteiger partial charge in [0.2, 0.25) is 0 Å². The van der Waals surface area contributed by atoms with Crippen LogP contribution in [0.4, 0.5) is 0 Å². The molecule has 0 fully saturated rings. The van der Waals surface area contributed by atoms with Crippen LogP contribution in [0.5, 0.6) is 0 Å². The maximum atomic E-state index is 12.0. The molecule has 0 aliphatic rings. The monoisotopic (exact) mass is 269 g/mol. The minimum Gasteiger partial charge on any atom is -0.394 e. The van der Waals surface area contributed by atoms with Crippen LogP contribution in [0, 0.1) is 11.3 Å². The SMILES string of the molecule is N#Cc1c[nH]c(C(=O)NC(CO)Cc2ccccc2)c1. The van der Waals surface area contributed by atoms with Gasteiger partial charge in [0.15, 0.2) is 0 Å². The van der Waals surface area contributed by atoms with E-state index in [2.05, 4.69) is 10.3 Å². The lowest BCUT2D eigenvalue weighted by molar-refractivity contribution is 0.0912. The molecule has 0 aliphatic heterocycles. The Bertz CT molecular complexity index is 614. The van der Waals surface area contributed by atoms with Crippen LogP contribution >= 0.6 is 0 Å². The summed E-state index contributed by atoms with van der Waals surface area (Å²) in [6, 6.07) is 12.7. The van der Waals surface area contributed by atoms with E-state index in [-0.39, 0.29) is 18.6 Å². The average molecular weight is 269 g/mol. The second kappa shape index (κ2) is 6.55. The quantitative estimate of drug-likeness (QED) is 0.762. The lowest BCUT2D eigenvalue weighted by Gasteiger charge is -2.15. The number of rotatable bonds is 5. The zero-order valence-corrected chi connectivity index (χ0v) is 10.8. The molecule has 0 bridgehead atoms. The molecule has 2 aromatic rings. The number of aromatic amines is 1. The number of amides is 1. The van der Waals surface area contributed by atoms with E-state index in [1.54, 1.807) is 0 Å². The van der Waals surface area contributed by atoms with Crippen LogP contribution in [0.3, 0.4) is 0 Å². The van der Waals surface area contributed by atoms with E-state index in [0.717, 1.165) is 5.56 Å². The van der Waals surface area contributed by atoms with E-state index >= 15 is 0 Å². The van der Waals surface area contributed by atoms with Gasteiger partial charge >= 0.3 is 0 Å². The summed E-state index contributed by atoms with van der Waals surface area (Å²) in [7, 11) is 0. The third-order valence-electron chi connectivity index (χ3n) is 2.94. The molecule has 0 spiro atoms. The molecule has 3 N–H and O–H groups in total. The van der Waals surface area contributed by atoms with Crippen molar-refractivity contribution in [2.45, 2.75) is 12.5 Å². The van der Waals surface area contributed by atoms with Gasteiger partial charge in [-0.3, -0.25) is 4.79 Å². The van der Waals surface area contributed by atoms with Crippen molar-refractivity contribution < 1.29 is 9.90 Å². The Morgan fingerprint density at radius 2 is 2.15 bits per heavy atom. The normalized spacial score (nSPS) is 11.6. The van der Waals surface area contributed by atoms with Gasteiger partial charge in [0.25, 0.3) is 5.91 Å². The zero-order chi connectivity index (χ0) is 14.4. The lowest BCUT2D eigenvalue weighted by atomic mass is 10.1. The fourth-order valence-corrected chi connectivity index (χ4v) is 1.91. The highest BCUT2D eigenvalue weighted by Gasteiger charge is 2.15. The maximum Gasteiger partial charge on any atom is 0.268 e. The molecular formula is C15H15N3O2. The van der Waals surface area contributed by atoms with Crippen LogP contribution in [0.2, 0.25) is 0 Å². The lowest BCUT2D eigenvalue weighted by Crippen LogP contribution is -2.39. The summed E-state index contributed by atoms with van der Waals surface area (Å²) in [6.07, 6.45) is 2.02. The highest BCUT2D eigenvalue weighted by atomic mass is 16.3. The van der Waals surface area contributed by atoms with Crippen molar-refractivity contribution in [3.8, 4) is 6.07 Å². The van der Waals surface area contributed by atoms with E-state index in [0.29, 0.717) is 17.7 Å². The predicted molar refractivity (Wildman–Crippen MR) is 74.0 cm³/mol. The number of carbonyl (C=O) groups is 1. The third-order valence-corrected chi connectivity index (χ3v) is 2.94. The Kier molecular flexibility index (Phi) is 4.53. The molecule has 0 saturated heterocycles. The Labute approximate surface area is 116 Å². The molecule has 1 heterocycles. The Morgan fingerprint density at radius 1 is 1.40 bits per heavy atom. The molecule has 0 saturated carbocycles. The number of nitriles is 1. The van der Waals surface area contributed by atoms with Crippen molar-refractivity contribution in [1.82, 2.24) is 10.3 Å². The van der Waals surface area contributed by atoms with Crippen LogP contribution in [-0.4, -0.2) is 28.6 Å². The maximum absolute atomic E-state index is 12.0. The van der Waals surface area contributed by atoms with Crippen LogP contribution in [-0.2, 0) is 6.42 Å². The molecule has 20 heavy (non-hydrogen) atoms. The number of aliphatic hydroxyl groups excluding tert-OH is 1. The summed E-state index contributed by atoms with van der Waals surface area (Å²) in [5, 5.41) is 20.8. The summed E-state index contributed by atoms with van der Waals surface area (Å²) < 4.78 is 0. The average Bonchev–Trinajstić information content (AvgIpc) is 2.96. The third kappa shape index (κ3) is 3.46. The number of nitrogens with one attached hydrogen (secondary N) is 2. The smallest absolute Gasteiger partial charge is 0.268 e. The van der Waals surface area contributed by atoms with E-state index < -0.39 is 0 Å². The van der Waals surface area contributed by atoms with Crippen molar-refractivity contribution in [1.29, 1.82) is 5.26 Å². The summed E-state index contributed by atoms with van der Waals surface area (Å²) in [5.74, 6) is -0.332. The van der Waals surface area contributed by atoms with Crippen LogP contribution in [0.1, 0.15) is 21.6 Å². The molecule has 0 aliphatic carbocycles. The number of aromatic nitrogens is 1. The number of hydrogen-bond donors (Lipinski definition) is 3. The highest BCUT2D eigenvalue weighted by Crippen LogP contribution is 2.05. The molecule has 1 amide bonds. The molecular weight excluding hydrogens is 254 g/mol. The van der Waals surface area contributed by atoms with Crippen LogP contribution in [0.25, 0.3) is 0 Å². The summed E-state index contributed by atoms with van der Waals surface area (Å²) >= 11 is 0. The fraction of sp³-hybridized carbons (Fsp3) is 0.200. The van der Waals surface area contributed by atoms with Gasteiger partial charge in [-0.2, -0.15) is 5.26 Å². The second-order valence-corrected chi connectivity index (χ2v) is 4.46. The van der Waals surface area contributed by atoms with Crippen molar-refractivity contribution >= 4 is 5.91 Å². The van der Waals surface area contributed by atoms with Gasteiger partial charge in [-0.15, -0.1) is 0 Å². The number of H-pyrrole nitrogens is 1. The van der Waals surface area contributed by atoms with E-state index in [4.69, 9.17) is 5.26 Å². The van der Waals surface area contributed by atoms with Crippen LogP contribution < -0.4 is 5.32 Å². The summed E-state index contributed by atoms with van der Waals surface area (Å²) in [5.41, 5.74) is 1.75. The molecule has 5 nitrogen and oxygen atoms in total. The predicted octanol–water partition coefficient (Wildman–Crippen LogP) is 1.22. The van der Waals surface area contributed by atoms with E-state index in [1.165, 1.54) is 12.3 Å². The molecule has 102 valence electrons. The molecule has 0 radical (unpaired) electrons. The topological polar surface area (TPSA) is 88.9 Å². The first kappa shape index (κ1) is 13.8. The van der Waals surface area contributed by atoms with Gasteiger partial charge in [0.05, 0.1) is 18.2 Å². The minimum atomic E-state index is -0.362. The number of carbonyl (C=O) groups excluding carboxylic acids is 1. The molecule has 5 heteroatoms. The van der Waals surface area contributed by atoms with Gasteiger partial charge in [-0.25, -0.2) is 0 Å². The van der Waals surface area contributed by atoms with Gasteiger partial charge < -0.3 is 15.4 Å².